The minimum atomic E-state index is -0.223. The molecule has 1 heterocycles. The Morgan fingerprint density at radius 1 is 0.913 bits per heavy atom. The SMILES string of the molecule is CN(c1ccccc1)c1ccccc1NC(=O)c1ccccn1. The second-order valence-corrected chi connectivity index (χ2v) is 5.08. The molecular weight excluding hydrogens is 286 g/mol. The summed E-state index contributed by atoms with van der Waals surface area (Å²) in [5.41, 5.74) is 3.11. The van der Waals surface area contributed by atoms with Gasteiger partial charge in [0.05, 0.1) is 11.4 Å². The Balaban J connectivity index is 1.88. The van der Waals surface area contributed by atoms with Crippen LogP contribution in [0, 0.1) is 0 Å². The van der Waals surface area contributed by atoms with Crippen molar-refractivity contribution in [1.82, 2.24) is 4.98 Å². The summed E-state index contributed by atoms with van der Waals surface area (Å²) < 4.78 is 0. The predicted molar refractivity (Wildman–Crippen MR) is 93.1 cm³/mol. The number of carbonyl (C=O) groups is 1. The highest BCUT2D eigenvalue weighted by atomic mass is 16.1. The van der Waals surface area contributed by atoms with Crippen molar-refractivity contribution in [2.75, 3.05) is 17.3 Å². The Bertz CT molecular complexity index is 788. The maximum atomic E-state index is 12.3. The van der Waals surface area contributed by atoms with Gasteiger partial charge in [-0.1, -0.05) is 36.4 Å². The zero-order valence-electron chi connectivity index (χ0n) is 12.8. The molecule has 4 nitrogen and oxygen atoms in total. The van der Waals surface area contributed by atoms with Gasteiger partial charge in [-0.05, 0) is 36.4 Å². The smallest absolute Gasteiger partial charge is 0.274 e. The van der Waals surface area contributed by atoms with Crippen molar-refractivity contribution in [3.63, 3.8) is 0 Å². The van der Waals surface area contributed by atoms with Crippen LogP contribution in [0.15, 0.2) is 79.0 Å². The molecule has 0 aliphatic carbocycles. The maximum absolute atomic E-state index is 12.3. The first kappa shape index (κ1) is 14.8. The summed E-state index contributed by atoms with van der Waals surface area (Å²) in [5, 5.41) is 2.93. The van der Waals surface area contributed by atoms with E-state index in [9.17, 15) is 4.79 Å². The summed E-state index contributed by atoms with van der Waals surface area (Å²) in [6, 6.07) is 23.0. The van der Waals surface area contributed by atoms with Crippen LogP contribution in [0.2, 0.25) is 0 Å². The van der Waals surface area contributed by atoms with Crippen molar-refractivity contribution < 1.29 is 4.79 Å². The third kappa shape index (κ3) is 3.37. The summed E-state index contributed by atoms with van der Waals surface area (Å²) in [4.78, 5) is 18.5. The summed E-state index contributed by atoms with van der Waals surface area (Å²) in [6.45, 7) is 0. The van der Waals surface area contributed by atoms with Crippen molar-refractivity contribution in [1.29, 1.82) is 0 Å². The molecule has 0 atom stereocenters. The van der Waals surface area contributed by atoms with E-state index in [1.165, 1.54) is 0 Å². The second kappa shape index (κ2) is 6.75. The number of nitrogens with zero attached hydrogens (tertiary/aromatic N) is 2. The van der Waals surface area contributed by atoms with Crippen molar-refractivity contribution in [2.45, 2.75) is 0 Å². The third-order valence-corrected chi connectivity index (χ3v) is 3.55. The predicted octanol–water partition coefficient (Wildman–Crippen LogP) is 4.10. The van der Waals surface area contributed by atoms with Crippen LogP contribution in [0.1, 0.15) is 10.5 Å². The summed E-state index contributed by atoms with van der Waals surface area (Å²) in [5.74, 6) is -0.223. The van der Waals surface area contributed by atoms with Gasteiger partial charge in [0.25, 0.3) is 5.91 Å². The van der Waals surface area contributed by atoms with Gasteiger partial charge >= 0.3 is 0 Å². The highest BCUT2D eigenvalue weighted by Gasteiger charge is 2.12. The van der Waals surface area contributed by atoms with Crippen molar-refractivity contribution >= 4 is 23.0 Å². The molecule has 0 spiro atoms. The van der Waals surface area contributed by atoms with Gasteiger partial charge in [0.15, 0.2) is 0 Å². The quantitative estimate of drug-likeness (QED) is 0.789. The lowest BCUT2D eigenvalue weighted by Crippen LogP contribution is -2.17. The summed E-state index contributed by atoms with van der Waals surface area (Å²) >= 11 is 0. The lowest BCUT2D eigenvalue weighted by Gasteiger charge is -2.22. The molecule has 0 aliphatic heterocycles. The molecule has 1 aromatic heterocycles. The van der Waals surface area contributed by atoms with E-state index in [1.54, 1.807) is 24.4 Å². The molecule has 0 unspecified atom stereocenters. The molecule has 1 amide bonds. The fourth-order valence-electron chi connectivity index (χ4n) is 2.35. The first-order valence-electron chi connectivity index (χ1n) is 7.36. The van der Waals surface area contributed by atoms with E-state index in [0.29, 0.717) is 5.69 Å². The third-order valence-electron chi connectivity index (χ3n) is 3.55. The average molecular weight is 303 g/mol. The van der Waals surface area contributed by atoms with E-state index < -0.39 is 0 Å². The number of nitrogens with one attached hydrogen (secondary N) is 1. The van der Waals surface area contributed by atoms with Gasteiger partial charge in [-0.2, -0.15) is 0 Å². The minimum Gasteiger partial charge on any atom is -0.343 e. The molecule has 3 aromatic rings. The fraction of sp³-hybridized carbons (Fsp3) is 0.0526. The van der Waals surface area contributed by atoms with Gasteiger partial charge < -0.3 is 10.2 Å². The summed E-state index contributed by atoms with van der Waals surface area (Å²) in [6.07, 6.45) is 1.61. The Labute approximate surface area is 135 Å². The number of para-hydroxylation sites is 3. The topological polar surface area (TPSA) is 45.2 Å². The Kier molecular flexibility index (Phi) is 4.34. The lowest BCUT2D eigenvalue weighted by atomic mass is 10.2. The fourth-order valence-corrected chi connectivity index (χ4v) is 2.35. The molecule has 0 radical (unpaired) electrons. The van der Waals surface area contributed by atoms with Crippen LogP contribution in [0.4, 0.5) is 17.1 Å². The number of pyridine rings is 1. The van der Waals surface area contributed by atoms with Gasteiger partial charge in [-0.25, -0.2) is 0 Å². The van der Waals surface area contributed by atoms with E-state index in [1.807, 2.05) is 66.5 Å². The number of hydrogen-bond acceptors (Lipinski definition) is 3. The van der Waals surface area contributed by atoms with Crippen molar-refractivity contribution in [3.05, 3.63) is 84.7 Å². The molecule has 0 bridgehead atoms. The van der Waals surface area contributed by atoms with Crippen LogP contribution in [0.3, 0.4) is 0 Å². The molecule has 4 heteroatoms. The van der Waals surface area contributed by atoms with E-state index in [4.69, 9.17) is 0 Å². The molecule has 114 valence electrons. The normalized spacial score (nSPS) is 10.1. The van der Waals surface area contributed by atoms with Crippen LogP contribution in [-0.2, 0) is 0 Å². The molecule has 3 rings (SSSR count). The lowest BCUT2D eigenvalue weighted by molar-refractivity contribution is 0.102. The molecule has 0 aliphatic rings. The van der Waals surface area contributed by atoms with Crippen LogP contribution in [0.5, 0.6) is 0 Å². The monoisotopic (exact) mass is 303 g/mol. The number of hydrogen-bond donors (Lipinski definition) is 1. The van der Waals surface area contributed by atoms with Crippen LogP contribution < -0.4 is 10.2 Å². The Morgan fingerprint density at radius 2 is 1.61 bits per heavy atom. The molecule has 23 heavy (non-hydrogen) atoms. The molecule has 2 aromatic carbocycles. The van der Waals surface area contributed by atoms with E-state index in [0.717, 1.165) is 17.1 Å². The van der Waals surface area contributed by atoms with Gasteiger partial charge in [0, 0.05) is 18.9 Å². The van der Waals surface area contributed by atoms with Crippen LogP contribution >= 0.6 is 0 Å². The standard InChI is InChI=1S/C19H17N3O/c1-22(15-9-3-2-4-10-15)18-13-6-5-11-16(18)21-19(23)17-12-7-8-14-20-17/h2-14H,1H3,(H,21,23). The number of anilines is 3. The first-order chi connectivity index (χ1) is 11.3. The largest absolute Gasteiger partial charge is 0.343 e. The van der Waals surface area contributed by atoms with Gasteiger partial charge in [-0.15, -0.1) is 0 Å². The van der Waals surface area contributed by atoms with Gasteiger partial charge in [0.2, 0.25) is 0 Å². The first-order valence-corrected chi connectivity index (χ1v) is 7.36. The zero-order chi connectivity index (χ0) is 16.1. The van der Waals surface area contributed by atoms with Gasteiger partial charge in [0.1, 0.15) is 5.69 Å². The van der Waals surface area contributed by atoms with E-state index in [2.05, 4.69) is 10.3 Å². The van der Waals surface area contributed by atoms with Crippen LogP contribution in [0.25, 0.3) is 0 Å². The molecule has 0 fully saturated rings. The Morgan fingerprint density at radius 3 is 2.35 bits per heavy atom. The second-order valence-electron chi connectivity index (χ2n) is 5.08. The number of aromatic nitrogens is 1. The zero-order valence-corrected chi connectivity index (χ0v) is 12.8. The molecule has 0 saturated heterocycles. The maximum Gasteiger partial charge on any atom is 0.274 e. The number of benzene rings is 2. The van der Waals surface area contributed by atoms with Gasteiger partial charge in [-0.3, -0.25) is 9.78 Å². The van der Waals surface area contributed by atoms with E-state index >= 15 is 0 Å². The number of carbonyl (C=O) groups excluding carboxylic acids is 1. The molecular formula is C19H17N3O. The molecule has 1 N–H and O–H groups in total. The summed E-state index contributed by atoms with van der Waals surface area (Å²) in [7, 11) is 1.97. The Hall–Kier alpha value is -3.14. The number of amides is 1. The van der Waals surface area contributed by atoms with Crippen molar-refractivity contribution in [2.24, 2.45) is 0 Å². The minimum absolute atomic E-state index is 0.223. The number of rotatable bonds is 4. The molecule has 0 saturated carbocycles. The highest BCUT2D eigenvalue weighted by molar-refractivity contribution is 6.04. The highest BCUT2D eigenvalue weighted by Crippen LogP contribution is 2.30. The van der Waals surface area contributed by atoms with Crippen molar-refractivity contribution in [3.8, 4) is 0 Å². The van der Waals surface area contributed by atoms with E-state index in [-0.39, 0.29) is 5.91 Å². The average Bonchev–Trinajstić information content (AvgIpc) is 2.63. The van der Waals surface area contributed by atoms with Crippen LogP contribution in [-0.4, -0.2) is 17.9 Å².